The number of quaternary nitrogens is 1. The van der Waals surface area contributed by atoms with Crippen LogP contribution in [0.3, 0.4) is 0 Å². The largest absolute Gasteiger partial charge is 0.490 e. The van der Waals surface area contributed by atoms with Crippen molar-refractivity contribution in [2.45, 2.75) is 20.0 Å². The fraction of sp³-hybridized carbons (Fsp3) is 0.455. The van der Waals surface area contributed by atoms with Crippen LogP contribution in [-0.2, 0) is 0 Å². The van der Waals surface area contributed by atoms with Crippen molar-refractivity contribution in [3.63, 3.8) is 0 Å². The molecule has 0 amide bonds. The Kier molecular flexibility index (Phi) is 3.92. The highest BCUT2D eigenvalue weighted by molar-refractivity contribution is 5.35. The first kappa shape index (κ1) is 11.0. The van der Waals surface area contributed by atoms with Crippen molar-refractivity contribution < 1.29 is 15.6 Å². The molecule has 78 valence electrons. The Morgan fingerprint density at radius 2 is 2.14 bits per heavy atom. The van der Waals surface area contributed by atoms with Crippen LogP contribution in [-0.4, -0.2) is 24.4 Å². The van der Waals surface area contributed by atoms with Gasteiger partial charge in [0.1, 0.15) is 25.0 Å². The molecule has 0 aliphatic heterocycles. The fourth-order valence-electron chi connectivity index (χ4n) is 1.13. The molecule has 0 saturated heterocycles. The quantitative estimate of drug-likeness (QED) is 0.727. The molecule has 3 heteroatoms. The van der Waals surface area contributed by atoms with E-state index < -0.39 is 6.10 Å². The fourth-order valence-corrected chi connectivity index (χ4v) is 1.13. The highest BCUT2D eigenvalue weighted by Gasteiger charge is 2.05. The summed E-state index contributed by atoms with van der Waals surface area (Å²) in [6.07, 6.45) is -0.477. The first-order valence-corrected chi connectivity index (χ1v) is 4.81. The maximum atomic E-state index is 9.29. The predicted molar refractivity (Wildman–Crippen MR) is 55.2 cm³/mol. The monoisotopic (exact) mass is 196 g/mol. The van der Waals surface area contributed by atoms with Crippen LogP contribution in [0.4, 0.5) is 0 Å². The summed E-state index contributed by atoms with van der Waals surface area (Å²) in [5, 5.41) is 9.29. The van der Waals surface area contributed by atoms with Gasteiger partial charge in [0.25, 0.3) is 0 Å². The zero-order valence-electron chi connectivity index (χ0n) is 8.79. The van der Waals surface area contributed by atoms with Gasteiger partial charge in [-0.3, -0.25) is 0 Å². The van der Waals surface area contributed by atoms with Crippen LogP contribution in [0.25, 0.3) is 0 Å². The van der Waals surface area contributed by atoms with Crippen molar-refractivity contribution in [3.05, 3.63) is 29.3 Å². The van der Waals surface area contributed by atoms with Crippen LogP contribution >= 0.6 is 0 Å². The molecule has 0 unspecified atom stereocenters. The topological polar surface area (TPSA) is 57.1 Å². The molecule has 0 saturated carbocycles. The van der Waals surface area contributed by atoms with Gasteiger partial charge in [-0.2, -0.15) is 0 Å². The summed E-state index contributed by atoms with van der Waals surface area (Å²) in [6.45, 7) is 4.80. The number of aryl methyl sites for hydroxylation is 2. The molecular weight excluding hydrogens is 178 g/mol. The van der Waals surface area contributed by atoms with Crippen molar-refractivity contribution >= 4 is 0 Å². The maximum absolute atomic E-state index is 9.29. The smallest absolute Gasteiger partial charge is 0.136 e. The minimum atomic E-state index is -0.477. The molecule has 1 rings (SSSR count). The minimum absolute atomic E-state index is 0.313. The summed E-state index contributed by atoms with van der Waals surface area (Å²) in [6, 6.07) is 6.03. The van der Waals surface area contributed by atoms with Crippen LogP contribution in [0, 0.1) is 13.8 Å². The van der Waals surface area contributed by atoms with E-state index in [0.29, 0.717) is 13.2 Å². The van der Waals surface area contributed by atoms with E-state index >= 15 is 0 Å². The SMILES string of the molecule is Cc1ccc(C)c(OC[C@@H](O)C[NH3+])c1. The minimum Gasteiger partial charge on any atom is -0.490 e. The Morgan fingerprint density at radius 1 is 1.43 bits per heavy atom. The number of rotatable bonds is 4. The Morgan fingerprint density at radius 3 is 2.79 bits per heavy atom. The van der Waals surface area contributed by atoms with Crippen molar-refractivity contribution in [2.24, 2.45) is 0 Å². The molecule has 0 heterocycles. The third-order valence-corrected chi connectivity index (χ3v) is 2.11. The summed E-state index contributed by atoms with van der Waals surface area (Å²) >= 11 is 0. The lowest BCUT2D eigenvalue weighted by molar-refractivity contribution is -0.384. The van der Waals surface area contributed by atoms with Crippen LogP contribution in [0.1, 0.15) is 11.1 Å². The number of hydrogen-bond acceptors (Lipinski definition) is 2. The second-order valence-electron chi connectivity index (χ2n) is 3.52. The highest BCUT2D eigenvalue weighted by atomic mass is 16.5. The summed E-state index contributed by atoms with van der Waals surface area (Å²) < 4.78 is 5.48. The summed E-state index contributed by atoms with van der Waals surface area (Å²) in [4.78, 5) is 0. The zero-order valence-corrected chi connectivity index (χ0v) is 8.79. The first-order valence-electron chi connectivity index (χ1n) is 4.81. The van der Waals surface area contributed by atoms with Gasteiger partial charge in [-0.1, -0.05) is 12.1 Å². The molecule has 14 heavy (non-hydrogen) atoms. The lowest BCUT2D eigenvalue weighted by atomic mass is 10.1. The molecule has 3 nitrogen and oxygen atoms in total. The molecule has 1 atom stereocenters. The molecule has 0 aliphatic rings. The van der Waals surface area contributed by atoms with Crippen molar-refractivity contribution in [1.29, 1.82) is 0 Å². The number of aliphatic hydroxyl groups is 1. The molecule has 4 N–H and O–H groups in total. The molecule has 0 aromatic heterocycles. The Labute approximate surface area is 84.5 Å². The van der Waals surface area contributed by atoms with Gasteiger partial charge in [0.05, 0.1) is 0 Å². The van der Waals surface area contributed by atoms with Gasteiger partial charge >= 0.3 is 0 Å². The normalized spacial score (nSPS) is 12.6. The molecule has 0 fully saturated rings. The zero-order chi connectivity index (χ0) is 10.6. The van der Waals surface area contributed by atoms with E-state index in [0.717, 1.165) is 16.9 Å². The summed E-state index contributed by atoms with van der Waals surface area (Å²) in [7, 11) is 0. The van der Waals surface area contributed by atoms with E-state index in [2.05, 4.69) is 5.73 Å². The highest BCUT2D eigenvalue weighted by Crippen LogP contribution is 2.18. The summed E-state index contributed by atoms with van der Waals surface area (Å²) in [5.41, 5.74) is 5.86. The number of aliphatic hydroxyl groups excluding tert-OH is 1. The maximum Gasteiger partial charge on any atom is 0.136 e. The number of ether oxygens (including phenoxy) is 1. The molecule has 0 radical (unpaired) electrons. The van der Waals surface area contributed by atoms with Gasteiger partial charge in [0, 0.05) is 0 Å². The van der Waals surface area contributed by atoms with Crippen molar-refractivity contribution in [1.82, 2.24) is 0 Å². The van der Waals surface area contributed by atoms with Crippen molar-refractivity contribution in [3.8, 4) is 5.75 Å². The van der Waals surface area contributed by atoms with E-state index in [1.54, 1.807) is 0 Å². The van der Waals surface area contributed by atoms with E-state index in [9.17, 15) is 5.11 Å². The lowest BCUT2D eigenvalue weighted by Gasteiger charge is -2.11. The van der Waals surface area contributed by atoms with E-state index in [1.165, 1.54) is 0 Å². The molecule has 0 spiro atoms. The van der Waals surface area contributed by atoms with E-state index in [4.69, 9.17) is 4.74 Å². The third-order valence-electron chi connectivity index (χ3n) is 2.11. The van der Waals surface area contributed by atoms with Gasteiger partial charge in [-0.25, -0.2) is 0 Å². The molecule has 0 bridgehead atoms. The Balaban J connectivity index is 2.62. The van der Waals surface area contributed by atoms with Crippen molar-refractivity contribution in [2.75, 3.05) is 13.2 Å². The van der Waals surface area contributed by atoms with Gasteiger partial charge in [-0.15, -0.1) is 0 Å². The predicted octanol–water partition coefficient (Wildman–Crippen LogP) is 0.285. The molecule has 0 aliphatic carbocycles. The molecular formula is C11H18NO2+. The molecule has 1 aromatic carbocycles. The van der Waals surface area contributed by atoms with E-state index in [-0.39, 0.29) is 0 Å². The van der Waals surface area contributed by atoms with Crippen LogP contribution in [0.15, 0.2) is 18.2 Å². The van der Waals surface area contributed by atoms with E-state index in [1.807, 2.05) is 32.0 Å². The summed E-state index contributed by atoms with van der Waals surface area (Å²) in [5.74, 6) is 0.845. The molecule has 1 aromatic rings. The average molecular weight is 196 g/mol. The Bertz CT molecular complexity index is 299. The van der Waals surface area contributed by atoms with Gasteiger partial charge in [-0.05, 0) is 31.0 Å². The second kappa shape index (κ2) is 4.98. The van der Waals surface area contributed by atoms with Gasteiger partial charge < -0.3 is 15.6 Å². The van der Waals surface area contributed by atoms with Crippen LogP contribution in [0.2, 0.25) is 0 Å². The van der Waals surface area contributed by atoms with Gasteiger partial charge in [0.15, 0.2) is 0 Å². The Hall–Kier alpha value is -1.06. The second-order valence-corrected chi connectivity index (χ2v) is 3.52. The third kappa shape index (κ3) is 3.01. The lowest BCUT2D eigenvalue weighted by Crippen LogP contribution is -2.56. The van der Waals surface area contributed by atoms with Crippen LogP contribution < -0.4 is 10.5 Å². The first-order chi connectivity index (χ1) is 6.63. The average Bonchev–Trinajstić information content (AvgIpc) is 2.19. The number of benzene rings is 1. The standard InChI is InChI=1S/C11H17NO2/c1-8-3-4-9(2)11(5-8)14-7-10(13)6-12/h3-5,10,13H,6-7,12H2,1-2H3/p+1/t10-/m0/s1. The van der Waals surface area contributed by atoms with Gasteiger partial charge in [0.2, 0.25) is 0 Å². The number of hydrogen-bond donors (Lipinski definition) is 2. The van der Waals surface area contributed by atoms with Crippen LogP contribution in [0.5, 0.6) is 5.75 Å².